The zero-order valence-corrected chi connectivity index (χ0v) is 39.8. The Morgan fingerprint density at radius 3 is 1.98 bits per heavy atom. The van der Waals surface area contributed by atoms with Gasteiger partial charge in [-0.05, 0) is 121 Å². The SMILES string of the molecule is CC(C)(C)c1ccc(Nc2cc3c(cc2-c2c4c5c(c6cc(C(C)(C)C)ccc6n5-c5c(oc6ccc(C(C)(C)C)cc56)B4)c4sc5ccccc5c24)-c2ccccc2C3(C)C)cc1. The van der Waals surface area contributed by atoms with Gasteiger partial charge in [0.2, 0.25) is 7.28 Å². The molecule has 1 aliphatic heterocycles. The van der Waals surface area contributed by atoms with Crippen molar-refractivity contribution in [3.8, 4) is 27.9 Å². The zero-order valence-electron chi connectivity index (χ0n) is 39.0. The molecular weight excluding hydrogens is 796 g/mol. The number of rotatable bonds is 3. The van der Waals surface area contributed by atoms with Crippen molar-refractivity contribution in [2.45, 2.75) is 97.8 Å². The smallest absolute Gasteiger partial charge is 0.244 e. The van der Waals surface area contributed by atoms with E-state index in [9.17, 15) is 0 Å². The number of hydrogen-bond donors (Lipinski definition) is 1. The molecule has 10 aromatic rings. The van der Waals surface area contributed by atoms with Gasteiger partial charge in [-0.15, -0.1) is 11.3 Å². The first kappa shape index (κ1) is 39.5. The van der Waals surface area contributed by atoms with Gasteiger partial charge in [-0.1, -0.05) is 143 Å². The van der Waals surface area contributed by atoms with Crippen LogP contribution in [0.25, 0.3) is 80.9 Å². The minimum absolute atomic E-state index is 0.00572. The maximum absolute atomic E-state index is 7.09. The van der Waals surface area contributed by atoms with E-state index >= 15 is 0 Å². The minimum Gasteiger partial charge on any atom is -0.469 e. The van der Waals surface area contributed by atoms with E-state index in [4.69, 9.17) is 4.42 Å². The lowest BCUT2D eigenvalue weighted by atomic mass is 9.61. The van der Waals surface area contributed by atoms with Crippen LogP contribution in [0.5, 0.6) is 0 Å². The van der Waals surface area contributed by atoms with Crippen LogP contribution >= 0.6 is 11.3 Å². The van der Waals surface area contributed by atoms with Crippen molar-refractivity contribution in [1.29, 1.82) is 0 Å². The van der Waals surface area contributed by atoms with Crippen molar-refractivity contribution in [2.24, 2.45) is 0 Å². The van der Waals surface area contributed by atoms with Crippen molar-refractivity contribution in [3.63, 3.8) is 0 Å². The molecule has 2 aliphatic rings. The first-order valence-electron chi connectivity index (χ1n) is 23.1. The van der Waals surface area contributed by atoms with Crippen molar-refractivity contribution in [3.05, 3.63) is 149 Å². The number of hydrogen-bond acceptors (Lipinski definition) is 3. The standard InChI is InChI=1S/C59H55BN2OS/c1-56(2,3)32-20-24-35(25-21-32)61-44-31-43-38(36-16-12-14-18-42(36)59(43,10)11)30-39(44)48-49-37-17-13-15-19-47(37)64-54(49)50-40-28-33(57(4,5)6)22-26-45(40)62-52-41-29-34(58(7,8)9)23-27-46(41)63-55(52)60-51(48)53(50)62/h12-31,60-61H,1-11H3. The number of nitrogens with zero attached hydrogens (tertiary/aromatic N) is 1. The van der Waals surface area contributed by atoms with E-state index in [1.54, 1.807) is 0 Å². The molecule has 0 fully saturated rings. The van der Waals surface area contributed by atoms with Gasteiger partial charge in [-0.25, -0.2) is 0 Å². The number of anilines is 2. The third-order valence-corrected chi connectivity index (χ3v) is 15.9. The summed E-state index contributed by atoms with van der Waals surface area (Å²) in [6, 6.07) is 46.4. The van der Waals surface area contributed by atoms with Crippen LogP contribution in [0, 0.1) is 0 Å². The average molecular weight is 851 g/mol. The number of fused-ring (bicyclic) bond motifs is 14. The van der Waals surface area contributed by atoms with Crippen LogP contribution < -0.4 is 16.4 Å². The molecule has 3 aromatic heterocycles. The second kappa shape index (κ2) is 13.0. The molecule has 0 amide bonds. The van der Waals surface area contributed by atoms with E-state index in [1.165, 1.54) is 109 Å². The van der Waals surface area contributed by atoms with Crippen LogP contribution in [-0.4, -0.2) is 11.8 Å². The molecule has 0 saturated carbocycles. The molecule has 0 bridgehead atoms. The van der Waals surface area contributed by atoms with Crippen LogP contribution in [0.1, 0.15) is 104 Å². The van der Waals surface area contributed by atoms with E-state index < -0.39 is 0 Å². The number of thiophene rings is 1. The predicted molar refractivity (Wildman–Crippen MR) is 279 cm³/mol. The van der Waals surface area contributed by atoms with E-state index in [0.29, 0.717) is 7.28 Å². The second-order valence-electron chi connectivity index (χ2n) is 22.3. The van der Waals surface area contributed by atoms with Gasteiger partial charge in [0.05, 0.1) is 22.4 Å². The van der Waals surface area contributed by atoms with Gasteiger partial charge in [-0.2, -0.15) is 0 Å². The highest BCUT2D eigenvalue weighted by Crippen LogP contribution is 2.54. The van der Waals surface area contributed by atoms with Crippen molar-refractivity contribution in [1.82, 2.24) is 4.57 Å². The van der Waals surface area contributed by atoms with Gasteiger partial charge >= 0.3 is 0 Å². The van der Waals surface area contributed by atoms with Gasteiger partial charge in [-0.3, -0.25) is 0 Å². The zero-order chi connectivity index (χ0) is 44.4. The fraction of sp³-hybridized carbons (Fsp3) is 0.254. The molecule has 1 aliphatic carbocycles. The number of aromatic nitrogens is 1. The summed E-state index contributed by atoms with van der Waals surface area (Å²) in [6.07, 6.45) is 0. The maximum atomic E-state index is 7.09. The second-order valence-corrected chi connectivity index (χ2v) is 23.3. The molecule has 4 heterocycles. The highest BCUT2D eigenvalue weighted by atomic mass is 32.1. The average Bonchev–Trinajstić information content (AvgIpc) is 3.97. The summed E-state index contributed by atoms with van der Waals surface area (Å²) in [5.74, 6) is 0. The van der Waals surface area contributed by atoms with Crippen molar-refractivity contribution >= 4 is 94.1 Å². The third kappa shape index (κ3) is 5.59. The predicted octanol–water partition coefficient (Wildman–Crippen LogP) is 15.2. The fourth-order valence-electron chi connectivity index (χ4n) is 11.1. The molecule has 7 aromatic carbocycles. The van der Waals surface area contributed by atoms with Gasteiger partial charge in [0.15, 0.2) is 0 Å². The number of benzene rings is 7. The van der Waals surface area contributed by atoms with Crippen molar-refractivity contribution < 1.29 is 4.42 Å². The Morgan fingerprint density at radius 1 is 0.594 bits per heavy atom. The summed E-state index contributed by atoms with van der Waals surface area (Å²) < 4.78 is 12.3. The largest absolute Gasteiger partial charge is 0.469 e. The Labute approximate surface area is 381 Å². The topological polar surface area (TPSA) is 30.1 Å². The summed E-state index contributed by atoms with van der Waals surface area (Å²) in [6.45, 7) is 25.5. The highest BCUT2D eigenvalue weighted by molar-refractivity contribution is 7.27. The Hall–Kier alpha value is -6.04. The summed E-state index contributed by atoms with van der Waals surface area (Å²) in [5, 5.41) is 10.5. The quantitative estimate of drug-likeness (QED) is 0.180. The minimum atomic E-state index is -0.161. The van der Waals surface area contributed by atoms with Gasteiger partial charge in [0.1, 0.15) is 5.58 Å². The lowest BCUT2D eigenvalue weighted by Gasteiger charge is -2.26. The van der Waals surface area contributed by atoms with Crippen LogP contribution in [0.4, 0.5) is 11.4 Å². The number of furan rings is 1. The first-order valence-corrected chi connectivity index (χ1v) is 23.9. The van der Waals surface area contributed by atoms with E-state index in [2.05, 4.69) is 207 Å². The molecule has 12 rings (SSSR count). The molecule has 64 heavy (non-hydrogen) atoms. The van der Waals surface area contributed by atoms with E-state index in [-0.39, 0.29) is 21.7 Å². The first-order chi connectivity index (χ1) is 30.4. The monoisotopic (exact) mass is 850 g/mol. The lowest BCUT2D eigenvalue weighted by molar-refractivity contribution is 0.590. The third-order valence-electron chi connectivity index (χ3n) is 14.7. The molecule has 0 unspecified atom stereocenters. The molecule has 0 saturated heterocycles. The highest BCUT2D eigenvalue weighted by Gasteiger charge is 2.39. The van der Waals surface area contributed by atoms with Gasteiger partial charge in [0, 0.05) is 58.7 Å². The molecule has 0 spiro atoms. The van der Waals surface area contributed by atoms with Crippen LogP contribution in [-0.2, 0) is 21.7 Å². The van der Waals surface area contributed by atoms with E-state index in [1.807, 2.05) is 11.3 Å². The molecule has 1 N–H and O–H groups in total. The molecule has 5 heteroatoms. The molecule has 0 radical (unpaired) electrons. The molecule has 3 nitrogen and oxygen atoms in total. The summed E-state index contributed by atoms with van der Waals surface area (Å²) in [7, 11) is 0.683. The van der Waals surface area contributed by atoms with Gasteiger partial charge in [0.25, 0.3) is 0 Å². The molecule has 316 valence electrons. The Morgan fingerprint density at radius 2 is 1.25 bits per heavy atom. The summed E-state index contributed by atoms with van der Waals surface area (Å²) >= 11 is 1.95. The summed E-state index contributed by atoms with van der Waals surface area (Å²) in [4.78, 5) is 0. The van der Waals surface area contributed by atoms with Gasteiger partial charge < -0.3 is 14.3 Å². The lowest BCUT2D eigenvalue weighted by Crippen LogP contribution is -2.36. The molecular formula is C59H55BN2OS. The molecule has 0 atom stereocenters. The Bertz CT molecular complexity index is 3630. The van der Waals surface area contributed by atoms with Crippen molar-refractivity contribution in [2.75, 3.05) is 5.32 Å². The van der Waals surface area contributed by atoms with Crippen LogP contribution in [0.15, 0.2) is 126 Å². The van der Waals surface area contributed by atoms with E-state index in [0.717, 1.165) is 22.6 Å². The fourth-order valence-corrected chi connectivity index (χ4v) is 12.4. The van der Waals surface area contributed by atoms with Crippen LogP contribution in [0.2, 0.25) is 0 Å². The Kier molecular flexibility index (Phi) is 8.06. The normalized spacial score (nSPS) is 14.4. The Balaban J connectivity index is 1.26. The summed E-state index contributed by atoms with van der Waals surface area (Å²) in [5.41, 5.74) is 20.9. The maximum Gasteiger partial charge on any atom is 0.244 e. The van der Waals surface area contributed by atoms with Crippen LogP contribution in [0.3, 0.4) is 0 Å². The number of nitrogens with one attached hydrogen (secondary N) is 1.